The summed E-state index contributed by atoms with van der Waals surface area (Å²) in [5, 5.41) is 18.0. The fourth-order valence-corrected chi connectivity index (χ4v) is 16.3. The number of fused-ring (bicyclic) bond motifs is 10. The highest BCUT2D eigenvalue weighted by Crippen LogP contribution is 2.71. The Hall–Kier alpha value is -3.96. The Morgan fingerprint density at radius 2 is 1.15 bits per heavy atom. The summed E-state index contributed by atoms with van der Waals surface area (Å²) in [6, 6.07) is 0. The van der Waals surface area contributed by atoms with Crippen LogP contribution < -0.4 is 0 Å². The van der Waals surface area contributed by atoms with Gasteiger partial charge in [0, 0.05) is 50.6 Å². The van der Waals surface area contributed by atoms with Crippen LogP contribution in [0.1, 0.15) is 188 Å². The minimum Gasteiger partial charge on any atom is -0.452 e. The number of ketones is 2. The van der Waals surface area contributed by atoms with E-state index in [1.165, 1.54) is 25.0 Å². The van der Waals surface area contributed by atoms with Gasteiger partial charge in [-0.1, -0.05) is 69.0 Å². The third kappa shape index (κ3) is 7.61. The molecule has 10 rings (SSSR count). The molecule has 6 unspecified atom stereocenters. The minimum atomic E-state index is -0.696. The van der Waals surface area contributed by atoms with Crippen LogP contribution in [-0.4, -0.2) is 53.5 Å². The number of esters is 2. The molecule has 354 valence electrons. The van der Waals surface area contributed by atoms with Crippen LogP contribution in [-0.2, 0) is 52.9 Å². The van der Waals surface area contributed by atoms with Gasteiger partial charge in [-0.2, -0.15) is 0 Å². The second-order valence-electron chi connectivity index (χ2n) is 22.5. The number of hydrogen-bond acceptors (Lipinski definition) is 10. The lowest BCUT2D eigenvalue weighted by Crippen LogP contribution is -2.55. The summed E-state index contributed by atoms with van der Waals surface area (Å²) in [6.07, 6.45) is 28.2. The van der Waals surface area contributed by atoms with Crippen molar-refractivity contribution in [1.29, 1.82) is 0 Å². The minimum absolute atomic E-state index is 0.128. The molecular weight excluding hydrogens is 817 g/mol. The largest absolute Gasteiger partial charge is 0.452 e. The smallest absolute Gasteiger partial charge is 0.303 e. The van der Waals surface area contributed by atoms with Gasteiger partial charge in [-0.3, -0.25) is 28.5 Å². The van der Waals surface area contributed by atoms with Crippen molar-refractivity contribution in [3.8, 4) is 0 Å². The van der Waals surface area contributed by atoms with E-state index in [1.807, 2.05) is 33.9 Å². The van der Waals surface area contributed by atoms with Gasteiger partial charge < -0.3 is 9.47 Å². The molecule has 0 aliphatic heterocycles. The van der Waals surface area contributed by atoms with Crippen molar-refractivity contribution in [2.45, 2.75) is 201 Å². The number of hydrogen-bond donors (Lipinski definition) is 0. The lowest BCUT2D eigenvalue weighted by molar-refractivity contribution is -0.187. The molecule has 0 N–H and O–H groups in total. The van der Waals surface area contributed by atoms with Crippen molar-refractivity contribution in [2.75, 3.05) is 0 Å². The predicted molar refractivity (Wildman–Crippen MR) is 246 cm³/mol. The molecule has 0 aromatic carbocycles. The Balaban J connectivity index is 0.000000164. The van der Waals surface area contributed by atoms with Crippen LogP contribution >= 0.6 is 0 Å². The maximum absolute atomic E-state index is 12.4. The zero-order valence-electron chi connectivity index (χ0n) is 40.5. The zero-order chi connectivity index (χ0) is 45.9. The quantitative estimate of drug-likeness (QED) is 0.211. The molecule has 2 aromatic rings. The summed E-state index contributed by atoms with van der Waals surface area (Å²) in [6.45, 7) is 16.2. The van der Waals surface area contributed by atoms with E-state index in [0.717, 1.165) is 140 Å². The molecule has 6 saturated carbocycles. The molecule has 12 nitrogen and oxygen atoms in total. The second-order valence-corrected chi connectivity index (χ2v) is 22.5. The van der Waals surface area contributed by atoms with E-state index >= 15 is 0 Å². The maximum Gasteiger partial charge on any atom is 0.303 e. The molecule has 6 fully saturated rings. The summed E-state index contributed by atoms with van der Waals surface area (Å²) in [5.74, 6) is 4.27. The Morgan fingerprint density at radius 3 is 1.74 bits per heavy atom. The van der Waals surface area contributed by atoms with Crippen LogP contribution in [0.25, 0.3) is 0 Å². The fraction of sp³-hybridized carbons (Fsp3) is 0.774. The summed E-state index contributed by atoms with van der Waals surface area (Å²) in [7, 11) is 0. The van der Waals surface area contributed by atoms with E-state index in [0.29, 0.717) is 65.8 Å². The summed E-state index contributed by atoms with van der Waals surface area (Å²) in [5.41, 5.74) is 2.98. The Bertz CT molecular complexity index is 2230. The number of aromatic nitrogens is 6. The number of rotatable bonds is 10. The molecule has 0 saturated heterocycles. The van der Waals surface area contributed by atoms with Crippen LogP contribution in [0.5, 0.6) is 0 Å². The van der Waals surface area contributed by atoms with E-state index < -0.39 is 11.2 Å². The lowest BCUT2D eigenvalue weighted by Gasteiger charge is -2.59. The van der Waals surface area contributed by atoms with Crippen molar-refractivity contribution in [3.05, 3.63) is 47.1 Å². The first-order chi connectivity index (χ1) is 31.1. The Kier molecular flexibility index (Phi) is 12.5. The average molecular weight is 893 g/mol. The Labute approximate surface area is 386 Å². The van der Waals surface area contributed by atoms with Crippen LogP contribution in [0.4, 0.5) is 0 Å². The average Bonchev–Trinajstić information content (AvgIpc) is 4.07. The van der Waals surface area contributed by atoms with Gasteiger partial charge in [0.1, 0.15) is 11.4 Å². The first-order valence-electron chi connectivity index (χ1n) is 25.8. The molecule has 65 heavy (non-hydrogen) atoms. The standard InChI is InChI=1S/C27H39N3O3.C26H37N3O3/c1-5-6-15-30-17-24(28-29-30)27(33-18(2)31)14-11-23-21-8-7-19-16-20(32)9-12-25(19,3)22(21)10-13-26(23,27)4;1-4-5-14-29-16-24(27-28-29)26(32-17(2)30)13-11-23-22-8-6-18-15-19(31)7-9-20(18)21(22)10-12-25(23,26)3/h16-17,21-23H,5-15H2,1-4H3;15-16,20-23H,4-14H2,1-3H3/t21?,22?,23?,25-,26-,27+;20-,21?,22?,23?,25-,26+/m00/s1. The van der Waals surface area contributed by atoms with Crippen LogP contribution in [0, 0.1) is 57.7 Å². The van der Waals surface area contributed by atoms with Gasteiger partial charge in [0.25, 0.3) is 0 Å². The van der Waals surface area contributed by atoms with Gasteiger partial charge in [0.15, 0.2) is 22.8 Å². The van der Waals surface area contributed by atoms with Crippen molar-refractivity contribution < 1.29 is 28.7 Å². The van der Waals surface area contributed by atoms with Gasteiger partial charge in [-0.15, -0.1) is 10.2 Å². The number of aryl methyl sites for hydroxylation is 2. The topological polar surface area (TPSA) is 148 Å². The highest BCUT2D eigenvalue weighted by atomic mass is 16.6. The molecule has 0 radical (unpaired) electrons. The van der Waals surface area contributed by atoms with E-state index in [4.69, 9.17) is 9.47 Å². The van der Waals surface area contributed by atoms with E-state index in [-0.39, 0.29) is 28.2 Å². The molecule has 8 aliphatic carbocycles. The van der Waals surface area contributed by atoms with Crippen LogP contribution in [0.3, 0.4) is 0 Å². The van der Waals surface area contributed by atoms with Gasteiger partial charge in [0.2, 0.25) is 0 Å². The summed E-state index contributed by atoms with van der Waals surface area (Å²) < 4.78 is 16.4. The van der Waals surface area contributed by atoms with Crippen molar-refractivity contribution >= 4 is 23.5 Å². The number of carbonyl (C=O) groups excluding carboxylic acids is 4. The van der Waals surface area contributed by atoms with Crippen molar-refractivity contribution in [2.24, 2.45) is 57.7 Å². The summed E-state index contributed by atoms with van der Waals surface area (Å²) in [4.78, 5) is 48.9. The lowest BCUT2D eigenvalue weighted by atomic mass is 9.46. The molecule has 2 aromatic heterocycles. The predicted octanol–water partition coefficient (Wildman–Crippen LogP) is 10.3. The number of allylic oxidation sites excluding steroid dienone is 2. The van der Waals surface area contributed by atoms with Crippen molar-refractivity contribution in [3.63, 3.8) is 0 Å². The fourth-order valence-electron chi connectivity index (χ4n) is 16.3. The molecule has 0 amide bonds. The van der Waals surface area contributed by atoms with Crippen LogP contribution in [0.15, 0.2) is 35.7 Å². The van der Waals surface area contributed by atoms with Gasteiger partial charge >= 0.3 is 11.9 Å². The highest BCUT2D eigenvalue weighted by molar-refractivity contribution is 5.92. The summed E-state index contributed by atoms with van der Waals surface area (Å²) >= 11 is 0. The SMILES string of the molecule is CCCCn1cc([C@]2(OC(C)=O)CCC3C4CCC5=CC(=O)CC[C@@H]5C4CC[C@@]32C)nn1.CCCCn1cc([C@]2(OC(C)=O)CCC3C4CCC5=CC(=O)CC[C@]5(C)C4CC[C@@]32C)nn1. The van der Waals surface area contributed by atoms with Gasteiger partial charge in [0.05, 0.1) is 12.4 Å². The van der Waals surface area contributed by atoms with E-state index in [2.05, 4.69) is 55.2 Å². The molecule has 8 aliphatic rings. The highest BCUT2D eigenvalue weighted by Gasteiger charge is 2.68. The molecule has 2 heterocycles. The molecule has 0 bridgehead atoms. The van der Waals surface area contributed by atoms with Gasteiger partial charge in [-0.05, 0) is 162 Å². The molecule has 12 heteroatoms. The zero-order valence-corrected chi connectivity index (χ0v) is 40.5. The third-order valence-corrected chi connectivity index (χ3v) is 19.5. The second kappa shape index (κ2) is 17.6. The Morgan fingerprint density at radius 1 is 0.615 bits per heavy atom. The van der Waals surface area contributed by atoms with Gasteiger partial charge in [-0.25, -0.2) is 0 Å². The maximum atomic E-state index is 12.4. The van der Waals surface area contributed by atoms with E-state index in [1.54, 1.807) is 0 Å². The molecular formula is C53H76N6O6. The molecule has 12 atom stereocenters. The monoisotopic (exact) mass is 893 g/mol. The van der Waals surface area contributed by atoms with E-state index in [9.17, 15) is 19.2 Å². The number of carbonyl (C=O) groups is 4. The number of nitrogens with zero attached hydrogens (tertiary/aromatic N) is 6. The van der Waals surface area contributed by atoms with Crippen LogP contribution in [0.2, 0.25) is 0 Å². The first-order valence-corrected chi connectivity index (χ1v) is 25.8. The van der Waals surface area contributed by atoms with Crippen molar-refractivity contribution in [1.82, 2.24) is 30.0 Å². The number of ether oxygens (including phenoxy) is 2. The third-order valence-electron chi connectivity index (χ3n) is 19.5. The normalized spacial score (nSPS) is 39.2. The first kappa shape index (κ1) is 46.2. The molecule has 0 spiro atoms. The number of unbranched alkanes of at least 4 members (excludes halogenated alkanes) is 2.